The summed E-state index contributed by atoms with van der Waals surface area (Å²) in [6.07, 6.45) is 5.99. The second-order valence-electron chi connectivity index (χ2n) is 5.23. The number of nitrogens with one attached hydrogen (secondary N) is 1. The van der Waals surface area contributed by atoms with E-state index in [-0.39, 0.29) is 11.9 Å². The van der Waals surface area contributed by atoms with Gasteiger partial charge in [0.05, 0.1) is 12.6 Å². The summed E-state index contributed by atoms with van der Waals surface area (Å²) in [6, 6.07) is 0.414. The monoisotopic (exact) mass is 280 g/mol. The molecule has 5 nitrogen and oxygen atoms in total. The molecule has 0 radical (unpaired) electrons. The Balaban J connectivity index is 1.70. The molecule has 1 aromatic rings. The van der Waals surface area contributed by atoms with Gasteiger partial charge >= 0.3 is 0 Å². The SMILES string of the molecule is Cn1ccnc1CN(C(=O)C1CSCCN1)C1CC1. The van der Waals surface area contributed by atoms with Gasteiger partial charge in [-0.15, -0.1) is 0 Å². The van der Waals surface area contributed by atoms with E-state index in [2.05, 4.69) is 10.3 Å². The number of nitrogens with zero attached hydrogens (tertiary/aromatic N) is 3. The van der Waals surface area contributed by atoms with Crippen molar-refractivity contribution in [3.05, 3.63) is 18.2 Å². The third-order valence-electron chi connectivity index (χ3n) is 3.72. The lowest BCUT2D eigenvalue weighted by molar-refractivity contribution is -0.134. The predicted octanol–water partition coefficient (Wildman–Crippen LogP) is 0.616. The van der Waals surface area contributed by atoms with Crippen molar-refractivity contribution in [1.29, 1.82) is 0 Å². The van der Waals surface area contributed by atoms with Gasteiger partial charge in [0.25, 0.3) is 0 Å². The van der Waals surface area contributed by atoms with Crippen LogP contribution < -0.4 is 5.32 Å². The topological polar surface area (TPSA) is 50.2 Å². The van der Waals surface area contributed by atoms with E-state index in [1.807, 2.05) is 34.5 Å². The van der Waals surface area contributed by atoms with Crippen molar-refractivity contribution in [1.82, 2.24) is 19.8 Å². The van der Waals surface area contributed by atoms with Gasteiger partial charge in [-0.1, -0.05) is 0 Å². The molecule has 1 aliphatic heterocycles. The summed E-state index contributed by atoms with van der Waals surface area (Å²) in [6.45, 7) is 1.57. The Morgan fingerprint density at radius 1 is 1.63 bits per heavy atom. The first-order chi connectivity index (χ1) is 9.25. The predicted molar refractivity (Wildman–Crippen MR) is 75.9 cm³/mol. The van der Waals surface area contributed by atoms with Crippen LogP contribution in [-0.4, -0.2) is 50.5 Å². The summed E-state index contributed by atoms with van der Waals surface area (Å²) in [4.78, 5) is 19.0. The Kier molecular flexibility index (Phi) is 3.79. The van der Waals surface area contributed by atoms with Gasteiger partial charge in [-0.25, -0.2) is 4.98 Å². The van der Waals surface area contributed by atoms with Crippen LogP contribution in [-0.2, 0) is 18.4 Å². The van der Waals surface area contributed by atoms with E-state index < -0.39 is 0 Å². The first-order valence-electron chi connectivity index (χ1n) is 6.83. The van der Waals surface area contributed by atoms with Gasteiger partial charge in [-0.05, 0) is 12.8 Å². The number of amides is 1. The summed E-state index contributed by atoms with van der Waals surface area (Å²) in [7, 11) is 1.98. The molecule has 1 unspecified atom stereocenters. The maximum Gasteiger partial charge on any atom is 0.241 e. The van der Waals surface area contributed by atoms with Crippen LogP contribution in [0.1, 0.15) is 18.7 Å². The second kappa shape index (κ2) is 5.54. The highest BCUT2D eigenvalue weighted by molar-refractivity contribution is 7.99. The molecule has 3 rings (SSSR count). The van der Waals surface area contributed by atoms with Crippen LogP contribution in [0.5, 0.6) is 0 Å². The quantitative estimate of drug-likeness (QED) is 0.878. The van der Waals surface area contributed by atoms with E-state index in [1.165, 1.54) is 0 Å². The zero-order valence-corrected chi connectivity index (χ0v) is 12.0. The lowest BCUT2D eigenvalue weighted by Gasteiger charge is -2.29. The van der Waals surface area contributed by atoms with Gasteiger partial charge in [0.15, 0.2) is 0 Å². The first-order valence-corrected chi connectivity index (χ1v) is 7.99. The molecule has 1 saturated heterocycles. The fourth-order valence-electron chi connectivity index (χ4n) is 2.40. The summed E-state index contributed by atoms with van der Waals surface area (Å²) in [5.74, 6) is 3.20. The van der Waals surface area contributed by atoms with Crippen LogP contribution in [0.4, 0.5) is 0 Å². The maximum atomic E-state index is 12.6. The Morgan fingerprint density at radius 3 is 3.05 bits per heavy atom. The zero-order valence-electron chi connectivity index (χ0n) is 11.2. The molecule has 2 aliphatic rings. The molecule has 104 valence electrons. The number of carbonyl (C=O) groups excluding carboxylic acids is 1. The van der Waals surface area contributed by atoms with Crippen molar-refractivity contribution in [2.45, 2.75) is 31.5 Å². The van der Waals surface area contributed by atoms with Crippen LogP contribution in [0.15, 0.2) is 12.4 Å². The molecule has 1 aromatic heterocycles. The molecule has 0 bridgehead atoms. The van der Waals surface area contributed by atoms with Crippen molar-refractivity contribution < 1.29 is 4.79 Å². The standard InChI is InChI=1S/C13H20N4OS/c1-16-6-4-15-12(16)8-17(10-2-3-10)13(18)11-9-19-7-5-14-11/h4,6,10-11,14H,2-3,5,7-9H2,1H3. The number of aryl methyl sites for hydroxylation is 1. The highest BCUT2D eigenvalue weighted by Gasteiger charge is 2.36. The molecule has 1 saturated carbocycles. The maximum absolute atomic E-state index is 12.6. The van der Waals surface area contributed by atoms with Gasteiger partial charge in [0.1, 0.15) is 5.82 Å². The van der Waals surface area contributed by atoms with Crippen LogP contribution in [0.2, 0.25) is 0 Å². The molecule has 1 amide bonds. The number of imidazole rings is 1. The molecule has 1 aliphatic carbocycles. The minimum Gasteiger partial charge on any atom is -0.337 e. The van der Waals surface area contributed by atoms with E-state index in [9.17, 15) is 4.79 Å². The molecule has 6 heteroatoms. The molecule has 2 fully saturated rings. The van der Waals surface area contributed by atoms with Crippen LogP contribution in [0, 0.1) is 0 Å². The van der Waals surface area contributed by atoms with Gasteiger partial charge in [-0.2, -0.15) is 11.8 Å². The summed E-state index contributed by atoms with van der Waals surface area (Å²) in [5.41, 5.74) is 0. The van der Waals surface area contributed by atoms with Gasteiger partial charge in [-0.3, -0.25) is 4.79 Å². The highest BCUT2D eigenvalue weighted by Crippen LogP contribution is 2.29. The molecular formula is C13H20N4OS. The smallest absolute Gasteiger partial charge is 0.241 e. The Hall–Kier alpha value is -1.01. The van der Waals surface area contributed by atoms with E-state index in [0.29, 0.717) is 12.6 Å². The number of hydrogen-bond acceptors (Lipinski definition) is 4. The fraction of sp³-hybridized carbons (Fsp3) is 0.692. The number of rotatable bonds is 4. The molecule has 2 heterocycles. The van der Waals surface area contributed by atoms with Crippen molar-refractivity contribution in [2.75, 3.05) is 18.1 Å². The van der Waals surface area contributed by atoms with Crippen molar-refractivity contribution in [3.8, 4) is 0 Å². The Bertz CT molecular complexity index is 451. The molecule has 1 atom stereocenters. The molecule has 19 heavy (non-hydrogen) atoms. The largest absolute Gasteiger partial charge is 0.337 e. The Labute approximate surface area is 117 Å². The number of hydrogen-bond donors (Lipinski definition) is 1. The van der Waals surface area contributed by atoms with Crippen LogP contribution in [0.3, 0.4) is 0 Å². The van der Waals surface area contributed by atoms with E-state index in [0.717, 1.165) is 36.7 Å². The zero-order chi connectivity index (χ0) is 13.2. The third-order valence-corrected chi connectivity index (χ3v) is 4.79. The summed E-state index contributed by atoms with van der Waals surface area (Å²) >= 11 is 1.86. The minimum atomic E-state index is -0.0142. The number of thioether (sulfide) groups is 1. The molecule has 0 aromatic carbocycles. The number of aromatic nitrogens is 2. The number of carbonyl (C=O) groups is 1. The minimum absolute atomic E-state index is 0.0142. The van der Waals surface area contributed by atoms with Crippen molar-refractivity contribution in [2.24, 2.45) is 7.05 Å². The lowest BCUT2D eigenvalue weighted by Crippen LogP contribution is -2.51. The van der Waals surface area contributed by atoms with Crippen LogP contribution in [0.25, 0.3) is 0 Å². The highest BCUT2D eigenvalue weighted by atomic mass is 32.2. The molecule has 0 spiro atoms. The van der Waals surface area contributed by atoms with Gasteiger partial charge < -0.3 is 14.8 Å². The van der Waals surface area contributed by atoms with E-state index >= 15 is 0 Å². The van der Waals surface area contributed by atoms with Crippen molar-refractivity contribution >= 4 is 17.7 Å². The van der Waals surface area contributed by atoms with E-state index in [1.54, 1.807) is 6.20 Å². The van der Waals surface area contributed by atoms with Crippen molar-refractivity contribution in [3.63, 3.8) is 0 Å². The molecule has 1 N–H and O–H groups in total. The Morgan fingerprint density at radius 2 is 2.47 bits per heavy atom. The third kappa shape index (κ3) is 2.95. The average molecular weight is 280 g/mol. The fourth-order valence-corrected chi connectivity index (χ4v) is 3.32. The average Bonchev–Trinajstić information content (AvgIpc) is 3.20. The first kappa shape index (κ1) is 13.0. The van der Waals surface area contributed by atoms with Crippen LogP contribution >= 0.6 is 11.8 Å². The summed E-state index contributed by atoms with van der Waals surface area (Å²) < 4.78 is 1.99. The normalized spacial score (nSPS) is 23.3. The lowest BCUT2D eigenvalue weighted by atomic mass is 10.2. The second-order valence-corrected chi connectivity index (χ2v) is 6.38. The molecular weight excluding hydrogens is 260 g/mol. The van der Waals surface area contributed by atoms with E-state index in [4.69, 9.17) is 0 Å². The summed E-state index contributed by atoms with van der Waals surface area (Å²) in [5, 5.41) is 3.34. The van der Waals surface area contributed by atoms with Gasteiger partial charge in [0.2, 0.25) is 5.91 Å². The van der Waals surface area contributed by atoms with Gasteiger partial charge in [0, 0.05) is 43.5 Å².